The molecule has 0 unspecified atom stereocenters. The molecule has 108 valence electrons. The molecule has 0 radical (unpaired) electrons. The molecule has 2 atom stereocenters. The number of rotatable bonds is 4. The molecule has 6 heteroatoms. The second kappa shape index (κ2) is 6.95. The Balaban J connectivity index is 2.05. The average molecular weight is 302 g/mol. The Bertz CT molecular complexity index is 604. The molecule has 1 aromatic carbocycles. The van der Waals surface area contributed by atoms with E-state index in [4.69, 9.17) is 5.26 Å². The normalized spacial score (nSPS) is 20.5. The molecule has 1 amide bonds. The number of amides is 1. The van der Waals surface area contributed by atoms with Crippen molar-refractivity contribution in [3.8, 4) is 5.40 Å². The van der Waals surface area contributed by atoms with Gasteiger partial charge in [-0.2, -0.15) is 5.26 Å². The van der Waals surface area contributed by atoms with Gasteiger partial charge in [-0.1, -0.05) is 12.2 Å². The van der Waals surface area contributed by atoms with Crippen LogP contribution in [-0.2, 0) is 9.59 Å². The van der Waals surface area contributed by atoms with E-state index in [1.54, 1.807) is 30.3 Å². The van der Waals surface area contributed by atoms with Gasteiger partial charge in [0.05, 0.1) is 11.8 Å². The third kappa shape index (κ3) is 3.86. The van der Waals surface area contributed by atoms with Gasteiger partial charge in [-0.15, -0.1) is 0 Å². The standard InChI is InChI=1S/C15H14N2O3S/c16-9-21-11-7-5-10(6-8-11)17-14(18)12-3-1-2-4-13(12)15(19)20/h1-2,5-8,12-13H,3-4H2,(H,17,18)(H,19,20)/t12-,13-/m0/s1. The number of carbonyl (C=O) groups is 2. The van der Waals surface area contributed by atoms with Crippen LogP contribution in [0.15, 0.2) is 41.3 Å². The SMILES string of the molecule is N#CSc1ccc(NC(=O)[C@H]2CC=CC[C@@H]2C(=O)O)cc1. The molecule has 2 rings (SSSR count). The minimum Gasteiger partial charge on any atom is -0.481 e. The molecular weight excluding hydrogens is 288 g/mol. The predicted octanol–water partition coefficient (Wildman–Crippen LogP) is 2.87. The van der Waals surface area contributed by atoms with Crippen molar-refractivity contribution in [2.45, 2.75) is 17.7 Å². The Morgan fingerprint density at radius 1 is 1.19 bits per heavy atom. The average Bonchev–Trinajstić information content (AvgIpc) is 2.49. The van der Waals surface area contributed by atoms with Crippen LogP contribution >= 0.6 is 11.8 Å². The Morgan fingerprint density at radius 3 is 2.38 bits per heavy atom. The van der Waals surface area contributed by atoms with Crippen LogP contribution in [-0.4, -0.2) is 17.0 Å². The maximum atomic E-state index is 12.2. The molecule has 0 spiro atoms. The number of nitrogens with zero attached hydrogens (tertiary/aromatic N) is 1. The minimum atomic E-state index is -0.944. The number of nitrogens with one attached hydrogen (secondary N) is 1. The van der Waals surface area contributed by atoms with Gasteiger partial charge in [0.2, 0.25) is 5.91 Å². The van der Waals surface area contributed by atoms with Crippen molar-refractivity contribution in [2.24, 2.45) is 11.8 Å². The monoisotopic (exact) mass is 302 g/mol. The van der Waals surface area contributed by atoms with E-state index in [1.165, 1.54) is 0 Å². The number of anilines is 1. The molecule has 0 bridgehead atoms. The number of thiocyanates is 1. The van der Waals surface area contributed by atoms with Crippen molar-refractivity contribution in [1.29, 1.82) is 5.26 Å². The van der Waals surface area contributed by atoms with Crippen LogP contribution in [0.25, 0.3) is 0 Å². The first kappa shape index (κ1) is 15.1. The third-order valence-electron chi connectivity index (χ3n) is 3.37. The molecule has 1 aliphatic rings. The molecular formula is C15H14N2O3S. The fourth-order valence-electron chi connectivity index (χ4n) is 2.27. The summed E-state index contributed by atoms with van der Waals surface area (Å²) in [5.41, 5.74) is 0.598. The molecule has 0 aromatic heterocycles. The molecule has 0 saturated heterocycles. The summed E-state index contributed by atoms with van der Waals surface area (Å²) in [6, 6.07) is 6.87. The van der Waals surface area contributed by atoms with Crippen molar-refractivity contribution < 1.29 is 14.7 Å². The van der Waals surface area contributed by atoms with E-state index in [9.17, 15) is 14.7 Å². The lowest BCUT2D eigenvalue weighted by Crippen LogP contribution is -2.34. The first-order valence-electron chi connectivity index (χ1n) is 6.46. The van der Waals surface area contributed by atoms with E-state index in [0.717, 1.165) is 16.7 Å². The Morgan fingerprint density at radius 2 is 1.81 bits per heavy atom. The highest BCUT2D eigenvalue weighted by Gasteiger charge is 2.33. The van der Waals surface area contributed by atoms with Crippen molar-refractivity contribution in [3.63, 3.8) is 0 Å². The van der Waals surface area contributed by atoms with Crippen LogP contribution in [0.3, 0.4) is 0 Å². The molecule has 2 N–H and O–H groups in total. The number of nitriles is 1. The summed E-state index contributed by atoms with van der Waals surface area (Å²) in [6.45, 7) is 0. The Hall–Kier alpha value is -2.26. The fourth-order valence-corrected chi connectivity index (χ4v) is 2.65. The number of benzene rings is 1. The second-order valence-electron chi connectivity index (χ2n) is 4.70. The molecule has 0 saturated carbocycles. The summed E-state index contributed by atoms with van der Waals surface area (Å²) in [5.74, 6) is -2.46. The van der Waals surface area contributed by atoms with Gasteiger partial charge in [0.15, 0.2) is 0 Å². The summed E-state index contributed by atoms with van der Waals surface area (Å²) < 4.78 is 0. The summed E-state index contributed by atoms with van der Waals surface area (Å²) in [5, 5.41) is 22.4. The Kier molecular flexibility index (Phi) is 5.01. The summed E-state index contributed by atoms with van der Waals surface area (Å²) in [6.07, 6.45) is 4.46. The Labute approximate surface area is 126 Å². The second-order valence-corrected chi connectivity index (χ2v) is 5.56. The van der Waals surface area contributed by atoms with Crippen LogP contribution in [0.5, 0.6) is 0 Å². The van der Waals surface area contributed by atoms with Gasteiger partial charge >= 0.3 is 5.97 Å². The fraction of sp³-hybridized carbons (Fsp3) is 0.267. The number of hydrogen-bond donors (Lipinski definition) is 2. The summed E-state index contributed by atoms with van der Waals surface area (Å²) >= 11 is 1.04. The maximum absolute atomic E-state index is 12.2. The maximum Gasteiger partial charge on any atom is 0.307 e. The number of hydrogen-bond acceptors (Lipinski definition) is 4. The van der Waals surface area contributed by atoms with Crippen molar-refractivity contribution in [3.05, 3.63) is 36.4 Å². The molecule has 1 aromatic rings. The van der Waals surface area contributed by atoms with Crippen molar-refractivity contribution in [1.82, 2.24) is 0 Å². The molecule has 0 fully saturated rings. The lowest BCUT2D eigenvalue weighted by molar-refractivity contribution is -0.146. The van der Waals surface area contributed by atoms with E-state index in [-0.39, 0.29) is 5.91 Å². The van der Waals surface area contributed by atoms with E-state index in [1.807, 2.05) is 11.5 Å². The molecule has 1 aliphatic carbocycles. The molecule has 0 aliphatic heterocycles. The number of carbonyl (C=O) groups excluding carboxylic acids is 1. The largest absolute Gasteiger partial charge is 0.481 e. The van der Waals surface area contributed by atoms with Gasteiger partial charge in [0.25, 0.3) is 0 Å². The predicted molar refractivity (Wildman–Crippen MR) is 79.5 cm³/mol. The van der Waals surface area contributed by atoms with Gasteiger partial charge in [0.1, 0.15) is 5.40 Å². The number of carboxylic acids is 1. The highest BCUT2D eigenvalue weighted by atomic mass is 32.2. The lowest BCUT2D eigenvalue weighted by atomic mass is 9.82. The minimum absolute atomic E-state index is 0.285. The van der Waals surface area contributed by atoms with Crippen LogP contribution in [0.4, 0.5) is 5.69 Å². The van der Waals surface area contributed by atoms with E-state index >= 15 is 0 Å². The van der Waals surface area contributed by atoms with Gasteiger partial charge in [-0.05, 0) is 48.9 Å². The molecule has 5 nitrogen and oxygen atoms in total. The number of allylic oxidation sites excluding steroid dienone is 2. The summed E-state index contributed by atoms with van der Waals surface area (Å²) in [4.78, 5) is 24.2. The van der Waals surface area contributed by atoms with Gasteiger partial charge in [-0.25, -0.2) is 0 Å². The zero-order valence-electron chi connectivity index (χ0n) is 11.2. The topological polar surface area (TPSA) is 90.2 Å². The van der Waals surface area contributed by atoms with E-state index in [0.29, 0.717) is 18.5 Å². The third-order valence-corrected chi connectivity index (χ3v) is 3.97. The van der Waals surface area contributed by atoms with Crippen molar-refractivity contribution >= 4 is 29.3 Å². The van der Waals surface area contributed by atoms with E-state index < -0.39 is 17.8 Å². The van der Waals surface area contributed by atoms with Gasteiger partial charge in [0, 0.05) is 10.6 Å². The van der Waals surface area contributed by atoms with E-state index in [2.05, 4.69) is 5.32 Å². The zero-order chi connectivity index (χ0) is 15.2. The lowest BCUT2D eigenvalue weighted by Gasteiger charge is -2.24. The number of thioether (sulfide) groups is 1. The zero-order valence-corrected chi connectivity index (χ0v) is 12.0. The van der Waals surface area contributed by atoms with Crippen LogP contribution < -0.4 is 5.32 Å². The van der Waals surface area contributed by atoms with Crippen LogP contribution in [0, 0.1) is 22.5 Å². The summed E-state index contributed by atoms with van der Waals surface area (Å²) in [7, 11) is 0. The van der Waals surface area contributed by atoms with Gasteiger partial charge < -0.3 is 10.4 Å². The quantitative estimate of drug-likeness (QED) is 0.507. The highest BCUT2D eigenvalue weighted by molar-refractivity contribution is 8.03. The first-order valence-corrected chi connectivity index (χ1v) is 7.28. The molecule has 21 heavy (non-hydrogen) atoms. The number of aliphatic carboxylic acids is 1. The van der Waals surface area contributed by atoms with Gasteiger partial charge in [-0.3, -0.25) is 9.59 Å². The van der Waals surface area contributed by atoms with Crippen LogP contribution in [0.2, 0.25) is 0 Å². The highest BCUT2D eigenvalue weighted by Crippen LogP contribution is 2.27. The number of carboxylic acid groups (broad SMARTS) is 1. The smallest absolute Gasteiger partial charge is 0.307 e. The van der Waals surface area contributed by atoms with Crippen molar-refractivity contribution in [2.75, 3.05) is 5.32 Å². The van der Waals surface area contributed by atoms with Crippen LogP contribution in [0.1, 0.15) is 12.8 Å². The molecule has 0 heterocycles. The first-order chi connectivity index (χ1) is 10.1.